The average molecular weight is 467 g/mol. The highest BCUT2D eigenvalue weighted by atomic mass is 16.5. The molecule has 176 valence electrons. The molecule has 0 bridgehead atoms. The lowest BCUT2D eigenvalue weighted by Crippen LogP contribution is -2.30. The molecule has 4 rings (SSSR count). The Labute approximate surface area is 203 Å². The standard InChI is InChI=1S/C29H26N2O4/c1-21(32)35-26-14-8-13-24(19-26)29(34)30-17-18-31-20-25(15-16-27(31)33)28(22-9-4-2-5-10-22)23-11-6-3-7-12-23/h2-16,19-20,28H,17-18H2,1H3,(H,30,34). The summed E-state index contributed by atoms with van der Waals surface area (Å²) in [7, 11) is 0. The summed E-state index contributed by atoms with van der Waals surface area (Å²) >= 11 is 0. The number of carbonyl (C=O) groups excluding carboxylic acids is 2. The lowest BCUT2D eigenvalue weighted by molar-refractivity contribution is -0.131. The normalized spacial score (nSPS) is 10.7. The van der Waals surface area contributed by atoms with Crippen LogP contribution < -0.4 is 15.6 Å². The number of rotatable bonds is 8. The molecule has 0 aliphatic carbocycles. The van der Waals surface area contributed by atoms with Gasteiger partial charge in [-0.2, -0.15) is 0 Å². The maximum absolute atomic E-state index is 12.6. The molecule has 0 saturated carbocycles. The number of aromatic nitrogens is 1. The average Bonchev–Trinajstić information content (AvgIpc) is 2.87. The van der Waals surface area contributed by atoms with Gasteiger partial charge in [-0.3, -0.25) is 14.4 Å². The van der Waals surface area contributed by atoms with Crippen molar-refractivity contribution in [1.82, 2.24) is 9.88 Å². The fourth-order valence-corrected chi connectivity index (χ4v) is 4.02. The van der Waals surface area contributed by atoms with E-state index in [-0.39, 0.29) is 23.9 Å². The van der Waals surface area contributed by atoms with Crippen molar-refractivity contribution in [2.75, 3.05) is 6.54 Å². The predicted octanol–water partition coefficient (Wildman–Crippen LogP) is 4.38. The van der Waals surface area contributed by atoms with Gasteiger partial charge in [0.15, 0.2) is 0 Å². The summed E-state index contributed by atoms with van der Waals surface area (Å²) < 4.78 is 6.65. The van der Waals surface area contributed by atoms with Crippen LogP contribution in [0.5, 0.6) is 5.75 Å². The van der Waals surface area contributed by atoms with Crippen molar-refractivity contribution < 1.29 is 14.3 Å². The predicted molar refractivity (Wildman–Crippen MR) is 135 cm³/mol. The molecule has 0 radical (unpaired) electrons. The van der Waals surface area contributed by atoms with E-state index in [9.17, 15) is 14.4 Å². The van der Waals surface area contributed by atoms with E-state index in [1.54, 1.807) is 28.8 Å². The molecule has 1 amide bonds. The Morgan fingerprint density at radius 2 is 1.49 bits per heavy atom. The number of nitrogens with one attached hydrogen (secondary N) is 1. The molecule has 0 spiro atoms. The first-order valence-corrected chi connectivity index (χ1v) is 11.4. The number of amides is 1. The summed E-state index contributed by atoms with van der Waals surface area (Å²) in [5.41, 5.74) is 3.48. The molecular formula is C29H26N2O4. The number of nitrogens with zero attached hydrogens (tertiary/aromatic N) is 1. The number of esters is 1. The Kier molecular flexibility index (Phi) is 7.53. The van der Waals surface area contributed by atoms with Gasteiger partial charge in [-0.25, -0.2) is 0 Å². The van der Waals surface area contributed by atoms with E-state index in [1.165, 1.54) is 13.0 Å². The fourth-order valence-electron chi connectivity index (χ4n) is 4.02. The smallest absolute Gasteiger partial charge is 0.308 e. The number of carbonyl (C=O) groups is 2. The third kappa shape index (κ3) is 6.12. The van der Waals surface area contributed by atoms with Gasteiger partial charge in [-0.15, -0.1) is 0 Å². The number of hydrogen-bond acceptors (Lipinski definition) is 4. The maximum Gasteiger partial charge on any atom is 0.308 e. The van der Waals surface area contributed by atoms with Crippen LogP contribution in [0.3, 0.4) is 0 Å². The Hall–Kier alpha value is -4.45. The second-order valence-electron chi connectivity index (χ2n) is 8.13. The van der Waals surface area contributed by atoms with Gasteiger partial charge in [0.05, 0.1) is 0 Å². The Balaban J connectivity index is 1.51. The zero-order valence-corrected chi connectivity index (χ0v) is 19.4. The summed E-state index contributed by atoms with van der Waals surface area (Å²) in [6.07, 6.45) is 1.86. The lowest BCUT2D eigenvalue weighted by atomic mass is 9.86. The first-order chi connectivity index (χ1) is 17.0. The quantitative estimate of drug-likeness (QED) is 0.309. The van der Waals surface area contributed by atoms with Gasteiger partial charge < -0.3 is 14.6 Å². The lowest BCUT2D eigenvalue weighted by Gasteiger charge is -2.20. The summed E-state index contributed by atoms with van der Waals surface area (Å²) in [5, 5.41) is 2.83. The highest BCUT2D eigenvalue weighted by molar-refractivity contribution is 5.94. The van der Waals surface area contributed by atoms with Gasteiger partial charge in [-0.1, -0.05) is 72.8 Å². The molecule has 0 aliphatic heterocycles. The third-order valence-electron chi connectivity index (χ3n) is 5.60. The van der Waals surface area contributed by atoms with Crippen LogP contribution in [0.15, 0.2) is 108 Å². The first-order valence-electron chi connectivity index (χ1n) is 11.4. The second kappa shape index (κ2) is 11.1. The zero-order chi connectivity index (χ0) is 24.6. The summed E-state index contributed by atoms with van der Waals surface area (Å²) in [4.78, 5) is 36.3. The third-order valence-corrected chi connectivity index (χ3v) is 5.60. The van der Waals surface area contributed by atoms with Crippen LogP contribution in [-0.4, -0.2) is 23.0 Å². The topological polar surface area (TPSA) is 77.4 Å². The molecule has 1 N–H and O–H groups in total. The first kappa shape index (κ1) is 23.7. The molecule has 0 fully saturated rings. The molecule has 0 saturated heterocycles. The van der Waals surface area contributed by atoms with Crippen LogP contribution in [0.25, 0.3) is 0 Å². The van der Waals surface area contributed by atoms with Crippen molar-refractivity contribution in [2.24, 2.45) is 0 Å². The molecule has 0 aliphatic rings. The van der Waals surface area contributed by atoms with E-state index in [0.717, 1.165) is 16.7 Å². The van der Waals surface area contributed by atoms with E-state index in [0.29, 0.717) is 17.9 Å². The number of pyridine rings is 1. The largest absolute Gasteiger partial charge is 0.427 e. The number of benzene rings is 3. The van der Waals surface area contributed by atoms with Crippen molar-refractivity contribution in [2.45, 2.75) is 19.4 Å². The zero-order valence-electron chi connectivity index (χ0n) is 19.4. The van der Waals surface area contributed by atoms with Gasteiger partial charge in [0.1, 0.15) is 5.75 Å². The van der Waals surface area contributed by atoms with Crippen LogP contribution in [-0.2, 0) is 11.3 Å². The Morgan fingerprint density at radius 3 is 2.11 bits per heavy atom. The van der Waals surface area contributed by atoms with Crippen LogP contribution in [0.2, 0.25) is 0 Å². The molecule has 6 heteroatoms. The molecular weight excluding hydrogens is 440 g/mol. The summed E-state index contributed by atoms with van der Waals surface area (Å²) in [6.45, 7) is 1.89. The van der Waals surface area contributed by atoms with E-state index in [1.807, 2.05) is 48.7 Å². The van der Waals surface area contributed by atoms with Gasteiger partial charge in [-0.05, 0) is 34.9 Å². The Bertz CT molecular complexity index is 1320. The van der Waals surface area contributed by atoms with Gasteiger partial charge in [0.25, 0.3) is 11.5 Å². The van der Waals surface area contributed by atoms with Crippen LogP contribution in [0.4, 0.5) is 0 Å². The van der Waals surface area contributed by atoms with Crippen molar-refractivity contribution >= 4 is 11.9 Å². The van der Waals surface area contributed by atoms with Gasteiger partial charge >= 0.3 is 5.97 Å². The van der Waals surface area contributed by atoms with E-state index < -0.39 is 5.97 Å². The number of hydrogen-bond donors (Lipinski definition) is 1. The van der Waals surface area contributed by atoms with Crippen LogP contribution in [0.1, 0.15) is 39.9 Å². The number of ether oxygens (including phenoxy) is 1. The highest BCUT2D eigenvalue weighted by Crippen LogP contribution is 2.31. The highest BCUT2D eigenvalue weighted by Gasteiger charge is 2.17. The van der Waals surface area contributed by atoms with Gasteiger partial charge in [0, 0.05) is 43.8 Å². The van der Waals surface area contributed by atoms with E-state index >= 15 is 0 Å². The summed E-state index contributed by atoms with van der Waals surface area (Å²) in [5.74, 6) is -0.481. The monoisotopic (exact) mass is 466 g/mol. The molecule has 3 aromatic carbocycles. The SMILES string of the molecule is CC(=O)Oc1cccc(C(=O)NCCn2cc(C(c3ccccc3)c3ccccc3)ccc2=O)c1. The van der Waals surface area contributed by atoms with Crippen molar-refractivity contribution in [3.05, 3.63) is 136 Å². The second-order valence-corrected chi connectivity index (χ2v) is 8.13. The molecule has 6 nitrogen and oxygen atoms in total. The van der Waals surface area contributed by atoms with Crippen molar-refractivity contribution in [3.8, 4) is 5.75 Å². The van der Waals surface area contributed by atoms with Crippen molar-refractivity contribution in [3.63, 3.8) is 0 Å². The molecule has 0 atom stereocenters. The fraction of sp³-hybridized carbons (Fsp3) is 0.138. The maximum atomic E-state index is 12.6. The minimum atomic E-state index is -0.453. The summed E-state index contributed by atoms with van der Waals surface area (Å²) in [6, 6.07) is 30.2. The molecule has 35 heavy (non-hydrogen) atoms. The van der Waals surface area contributed by atoms with Crippen LogP contribution >= 0.6 is 0 Å². The van der Waals surface area contributed by atoms with Crippen molar-refractivity contribution in [1.29, 1.82) is 0 Å². The molecule has 0 unspecified atom stereocenters. The van der Waals surface area contributed by atoms with E-state index in [2.05, 4.69) is 29.6 Å². The Morgan fingerprint density at radius 1 is 0.829 bits per heavy atom. The van der Waals surface area contributed by atoms with E-state index in [4.69, 9.17) is 4.74 Å². The minimum Gasteiger partial charge on any atom is -0.427 e. The molecule has 1 heterocycles. The van der Waals surface area contributed by atoms with Crippen LogP contribution in [0, 0.1) is 0 Å². The molecule has 1 aromatic heterocycles. The van der Waals surface area contributed by atoms with Gasteiger partial charge in [0.2, 0.25) is 0 Å². The minimum absolute atomic E-state index is 0.0251. The molecule has 4 aromatic rings.